The second kappa shape index (κ2) is 8.62. The van der Waals surface area contributed by atoms with Gasteiger partial charge in [0.05, 0.1) is 18.0 Å². The number of anilines is 1. The normalized spacial score (nSPS) is 15.0. The lowest BCUT2D eigenvalue weighted by atomic mass is 10.1. The average molecular weight is 398 g/mol. The van der Waals surface area contributed by atoms with Crippen molar-refractivity contribution in [1.82, 2.24) is 0 Å². The summed E-state index contributed by atoms with van der Waals surface area (Å²) in [6.45, 7) is 2.20. The Hall–Kier alpha value is -3.26. The van der Waals surface area contributed by atoms with Gasteiger partial charge in [0.1, 0.15) is 5.70 Å². The number of hydrogen-bond donors (Lipinski definition) is 2. The fourth-order valence-corrected chi connectivity index (χ4v) is 3.33. The van der Waals surface area contributed by atoms with Crippen LogP contribution < -0.4 is 9.64 Å². The van der Waals surface area contributed by atoms with Crippen molar-refractivity contribution in [2.75, 3.05) is 17.3 Å². The first kappa shape index (κ1) is 19.5. The predicted octanol–water partition coefficient (Wildman–Crippen LogP) is 3.35. The number of aliphatic imine (C=N–C) groups is 1. The summed E-state index contributed by atoms with van der Waals surface area (Å²) in [5.74, 6) is -1.41. The molecular formula is C20H18N2O5S. The molecule has 3 rings (SSSR count). The number of hydrogen-bond acceptors (Lipinski definition) is 6. The summed E-state index contributed by atoms with van der Waals surface area (Å²) in [5.41, 5.74) is 1.07. The van der Waals surface area contributed by atoms with Gasteiger partial charge in [0.15, 0.2) is 16.7 Å². The smallest absolute Gasteiger partial charge is 0.313 e. The Balaban J connectivity index is 1.99. The van der Waals surface area contributed by atoms with Crippen molar-refractivity contribution in [2.24, 2.45) is 4.99 Å². The van der Waals surface area contributed by atoms with Gasteiger partial charge >= 0.3 is 5.97 Å². The number of rotatable bonds is 6. The highest BCUT2D eigenvalue weighted by Gasteiger charge is 2.32. The summed E-state index contributed by atoms with van der Waals surface area (Å²) in [6.07, 6.45) is 1.46. The molecule has 0 saturated carbocycles. The van der Waals surface area contributed by atoms with Crippen LogP contribution in [0.3, 0.4) is 0 Å². The number of ether oxygens (including phenoxy) is 1. The number of phenols is 1. The third kappa shape index (κ3) is 4.17. The van der Waals surface area contributed by atoms with Crippen LogP contribution in [0, 0.1) is 0 Å². The summed E-state index contributed by atoms with van der Waals surface area (Å²) in [6, 6.07) is 13.8. The van der Waals surface area contributed by atoms with Crippen molar-refractivity contribution in [3.63, 3.8) is 0 Å². The minimum Gasteiger partial charge on any atom is -0.504 e. The number of nitrogens with zero attached hydrogens (tertiary/aromatic N) is 2. The van der Waals surface area contributed by atoms with Crippen LogP contribution in [-0.4, -0.2) is 39.6 Å². The van der Waals surface area contributed by atoms with Gasteiger partial charge in [0.25, 0.3) is 5.91 Å². The fourth-order valence-electron chi connectivity index (χ4n) is 2.60. The Labute approximate surface area is 166 Å². The van der Waals surface area contributed by atoms with E-state index >= 15 is 0 Å². The second-order valence-electron chi connectivity index (χ2n) is 5.71. The molecule has 0 fully saturated rings. The molecule has 0 unspecified atom stereocenters. The molecule has 7 nitrogen and oxygen atoms in total. The molecule has 144 valence electrons. The molecule has 8 heteroatoms. The maximum atomic E-state index is 13.0. The van der Waals surface area contributed by atoms with Gasteiger partial charge < -0.3 is 14.9 Å². The first-order valence-electron chi connectivity index (χ1n) is 8.50. The van der Waals surface area contributed by atoms with E-state index in [0.717, 1.165) is 11.8 Å². The molecule has 0 bridgehead atoms. The third-order valence-corrected chi connectivity index (χ3v) is 4.71. The van der Waals surface area contributed by atoms with E-state index in [2.05, 4.69) is 4.99 Å². The highest BCUT2D eigenvalue weighted by Crippen LogP contribution is 2.34. The Morgan fingerprint density at radius 1 is 1.21 bits per heavy atom. The van der Waals surface area contributed by atoms with E-state index in [9.17, 15) is 14.7 Å². The molecular weight excluding hydrogens is 380 g/mol. The maximum absolute atomic E-state index is 13.0. The van der Waals surface area contributed by atoms with E-state index in [1.165, 1.54) is 11.0 Å². The Morgan fingerprint density at radius 3 is 2.64 bits per heavy atom. The largest absolute Gasteiger partial charge is 0.504 e. The summed E-state index contributed by atoms with van der Waals surface area (Å²) in [4.78, 5) is 29.6. The molecule has 1 amide bonds. The first-order chi connectivity index (χ1) is 13.5. The van der Waals surface area contributed by atoms with Crippen LogP contribution >= 0.6 is 11.8 Å². The first-order valence-corrected chi connectivity index (χ1v) is 9.49. The van der Waals surface area contributed by atoms with Crippen LogP contribution in [-0.2, 0) is 9.59 Å². The van der Waals surface area contributed by atoms with E-state index in [4.69, 9.17) is 9.84 Å². The lowest BCUT2D eigenvalue weighted by Crippen LogP contribution is -2.30. The van der Waals surface area contributed by atoms with Crippen molar-refractivity contribution >= 4 is 40.6 Å². The van der Waals surface area contributed by atoms with Crippen LogP contribution in [0.4, 0.5) is 5.69 Å². The summed E-state index contributed by atoms with van der Waals surface area (Å²) in [5, 5.41) is 19.6. The number of aromatic hydroxyl groups is 1. The number of benzene rings is 2. The number of amides is 1. The Kier molecular flexibility index (Phi) is 6.00. The van der Waals surface area contributed by atoms with E-state index in [0.29, 0.717) is 23.6 Å². The summed E-state index contributed by atoms with van der Waals surface area (Å²) in [7, 11) is 0. The number of para-hydroxylation sites is 2. The molecule has 28 heavy (non-hydrogen) atoms. The van der Waals surface area contributed by atoms with Crippen LogP contribution in [0.2, 0.25) is 0 Å². The highest BCUT2D eigenvalue weighted by molar-refractivity contribution is 8.14. The van der Waals surface area contributed by atoms with Gasteiger partial charge in [-0.3, -0.25) is 14.5 Å². The van der Waals surface area contributed by atoms with Crippen LogP contribution in [0.5, 0.6) is 11.5 Å². The van der Waals surface area contributed by atoms with Gasteiger partial charge in [0, 0.05) is 5.56 Å². The Morgan fingerprint density at radius 2 is 1.96 bits per heavy atom. The number of carbonyl (C=O) groups is 2. The molecule has 2 aromatic rings. The van der Waals surface area contributed by atoms with Gasteiger partial charge in [-0.05, 0) is 31.2 Å². The minimum absolute atomic E-state index is 0.0854. The van der Waals surface area contributed by atoms with E-state index in [1.807, 2.05) is 6.07 Å². The van der Waals surface area contributed by atoms with E-state index in [-0.39, 0.29) is 22.4 Å². The van der Waals surface area contributed by atoms with Gasteiger partial charge in [-0.2, -0.15) is 0 Å². The van der Waals surface area contributed by atoms with Crippen molar-refractivity contribution in [3.05, 3.63) is 59.8 Å². The van der Waals surface area contributed by atoms with E-state index in [1.54, 1.807) is 49.4 Å². The molecule has 1 heterocycles. The van der Waals surface area contributed by atoms with Gasteiger partial charge in [0.2, 0.25) is 0 Å². The number of carbonyl (C=O) groups excluding carboxylic acids is 1. The van der Waals surface area contributed by atoms with Gasteiger partial charge in [-0.25, -0.2) is 4.99 Å². The zero-order valence-electron chi connectivity index (χ0n) is 15.0. The molecule has 2 aromatic carbocycles. The monoisotopic (exact) mass is 398 g/mol. The zero-order valence-corrected chi connectivity index (χ0v) is 15.8. The lowest BCUT2D eigenvalue weighted by molar-refractivity contribution is -0.133. The standard InChI is InChI=1S/C20H18N2O5S/c1-2-27-16-10-6-7-13(18(16)25)11-15-19(26)22(14-8-4-3-5-9-14)20(21-15)28-12-17(23)24/h3-11,25H,2,12H2,1H3,(H,23,24)/b15-11-. The van der Waals surface area contributed by atoms with Gasteiger partial charge in [-0.1, -0.05) is 42.1 Å². The topological polar surface area (TPSA) is 99.4 Å². The quantitative estimate of drug-likeness (QED) is 0.724. The number of aliphatic carboxylic acids is 1. The number of phenolic OH excluding ortho intramolecular Hbond substituents is 1. The van der Waals surface area contributed by atoms with Crippen molar-refractivity contribution < 1.29 is 24.5 Å². The molecule has 0 aromatic heterocycles. The van der Waals surface area contributed by atoms with Crippen molar-refractivity contribution in [3.8, 4) is 11.5 Å². The SMILES string of the molecule is CCOc1cccc(/C=C2\N=C(SCC(=O)O)N(c3ccccc3)C2=O)c1O. The number of thioether (sulfide) groups is 1. The molecule has 0 radical (unpaired) electrons. The average Bonchev–Trinajstić information content (AvgIpc) is 2.99. The van der Waals surface area contributed by atoms with Crippen LogP contribution in [0.1, 0.15) is 12.5 Å². The van der Waals surface area contributed by atoms with Crippen molar-refractivity contribution in [2.45, 2.75) is 6.92 Å². The van der Waals surface area contributed by atoms with Crippen LogP contribution in [0.15, 0.2) is 59.2 Å². The van der Waals surface area contributed by atoms with E-state index < -0.39 is 11.9 Å². The molecule has 2 N–H and O–H groups in total. The molecule has 0 atom stereocenters. The third-order valence-electron chi connectivity index (χ3n) is 3.79. The second-order valence-corrected chi connectivity index (χ2v) is 6.65. The number of carboxylic acid groups (broad SMARTS) is 1. The lowest BCUT2D eigenvalue weighted by Gasteiger charge is -2.17. The summed E-state index contributed by atoms with van der Waals surface area (Å²) < 4.78 is 5.37. The fraction of sp³-hybridized carbons (Fsp3) is 0.150. The maximum Gasteiger partial charge on any atom is 0.313 e. The highest BCUT2D eigenvalue weighted by atomic mass is 32.2. The molecule has 1 aliphatic rings. The van der Waals surface area contributed by atoms with Crippen molar-refractivity contribution in [1.29, 1.82) is 0 Å². The Bertz CT molecular complexity index is 956. The molecule has 0 saturated heterocycles. The predicted molar refractivity (Wildman–Crippen MR) is 109 cm³/mol. The number of amidine groups is 1. The summed E-state index contributed by atoms with van der Waals surface area (Å²) >= 11 is 0.956. The molecule has 0 aliphatic carbocycles. The molecule has 1 aliphatic heterocycles. The van der Waals surface area contributed by atoms with Crippen LogP contribution in [0.25, 0.3) is 6.08 Å². The molecule has 0 spiro atoms. The van der Waals surface area contributed by atoms with Gasteiger partial charge in [-0.15, -0.1) is 0 Å². The minimum atomic E-state index is -1.01. The number of carboxylic acids is 1. The zero-order chi connectivity index (χ0) is 20.1.